The number of anilines is 2. The predicted molar refractivity (Wildman–Crippen MR) is 61.2 cm³/mol. The van der Waals surface area contributed by atoms with E-state index in [0.717, 1.165) is 31.1 Å². The summed E-state index contributed by atoms with van der Waals surface area (Å²) in [5.74, 6) is -0.207. The Bertz CT molecular complexity index is 423. The Morgan fingerprint density at radius 2 is 2.31 bits per heavy atom. The monoisotopic (exact) mass is 222 g/mol. The van der Waals surface area contributed by atoms with Gasteiger partial charge in [-0.05, 0) is 18.2 Å². The smallest absolute Gasteiger partial charge is 0.125 e. The molecule has 0 saturated carbocycles. The van der Waals surface area contributed by atoms with Gasteiger partial charge in [-0.1, -0.05) is 6.92 Å². The topological polar surface area (TPSA) is 33.3 Å². The van der Waals surface area contributed by atoms with Crippen molar-refractivity contribution in [3.8, 4) is 0 Å². The zero-order chi connectivity index (χ0) is 11.2. The molecule has 0 amide bonds. The van der Waals surface area contributed by atoms with Crippen LogP contribution in [0.25, 0.3) is 0 Å². The molecule has 3 rings (SSSR count). The lowest BCUT2D eigenvalue weighted by Gasteiger charge is -2.27. The van der Waals surface area contributed by atoms with Crippen molar-refractivity contribution < 1.29 is 9.13 Å². The number of hydrogen-bond donors (Lipinski definition) is 2. The Morgan fingerprint density at radius 3 is 3.19 bits per heavy atom. The van der Waals surface area contributed by atoms with E-state index < -0.39 is 0 Å². The van der Waals surface area contributed by atoms with Crippen molar-refractivity contribution in [2.75, 3.05) is 30.4 Å². The van der Waals surface area contributed by atoms with E-state index in [2.05, 4.69) is 17.6 Å². The van der Waals surface area contributed by atoms with Crippen LogP contribution in [0.1, 0.15) is 6.92 Å². The van der Waals surface area contributed by atoms with Gasteiger partial charge < -0.3 is 15.4 Å². The number of hydrogen-bond acceptors (Lipinski definition) is 3. The molecule has 1 fully saturated rings. The summed E-state index contributed by atoms with van der Waals surface area (Å²) in [4.78, 5) is 0. The number of nitrogens with one attached hydrogen (secondary N) is 2. The van der Waals surface area contributed by atoms with Crippen molar-refractivity contribution in [3.63, 3.8) is 0 Å². The number of fused-ring (bicyclic) bond motifs is 2. The molecule has 1 saturated heterocycles. The van der Waals surface area contributed by atoms with E-state index in [0.29, 0.717) is 6.04 Å². The van der Waals surface area contributed by atoms with Gasteiger partial charge in [0.25, 0.3) is 0 Å². The second-order valence-corrected chi connectivity index (χ2v) is 4.91. The van der Waals surface area contributed by atoms with Gasteiger partial charge in [-0.25, -0.2) is 4.39 Å². The molecule has 3 nitrogen and oxygen atoms in total. The van der Waals surface area contributed by atoms with E-state index in [1.165, 1.54) is 12.1 Å². The van der Waals surface area contributed by atoms with Crippen molar-refractivity contribution in [1.82, 2.24) is 0 Å². The van der Waals surface area contributed by atoms with Crippen LogP contribution in [0.5, 0.6) is 0 Å². The molecule has 0 spiro atoms. The van der Waals surface area contributed by atoms with Crippen LogP contribution < -0.4 is 10.6 Å². The van der Waals surface area contributed by atoms with E-state index >= 15 is 0 Å². The molecule has 2 aliphatic rings. The fourth-order valence-corrected chi connectivity index (χ4v) is 2.38. The Kier molecular flexibility index (Phi) is 2.07. The summed E-state index contributed by atoms with van der Waals surface area (Å²) in [7, 11) is 0. The standard InChI is InChI=1S/C12H15FN2O/c1-12-6-14-10-4-8(13)2-3-9(10)15-11(12)5-16-7-12/h2-4,11,14-15H,5-7H2,1H3. The first-order chi connectivity index (χ1) is 7.67. The highest BCUT2D eigenvalue weighted by atomic mass is 19.1. The average molecular weight is 222 g/mol. The summed E-state index contributed by atoms with van der Waals surface area (Å²) in [6.45, 7) is 4.46. The Morgan fingerprint density at radius 1 is 1.44 bits per heavy atom. The molecule has 86 valence electrons. The Balaban J connectivity index is 1.97. The van der Waals surface area contributed by atoms with Gasteiger partial charge in [0, 0.05) is 12.0 Å². The highest BCUT2D eigenvalue weighted by Crippen LogP contribution is 2.37. The van der Waals surface area contributed by atoms with Crippen molar-refractivity contribution >= 4 is 11.4 Å². The maximum atomic E-state index is 13.1. The van der Waals surface area contributed by atoms with Crippen LogP contribution in [0, 0.1) is 11.2 Å². The lowest BCUT2D eigenvalue weighted by Crippen LogP contribution is -2.40. The van der Waals surface area contributed by atoms with Crippen LogP contribution >= 0.6 is 0 Å². The molecule has 16 heavy (non-hydrogen) atoms. The zero-order valence-electron chi connectivity index (χ0n) is 9.22. The number of halogens is 1. The van der Waals surface area contributed by atoms with Crippen LogP contribution in [0.2, 0.25) is 0 Å². The van der Waals surface area contributed by atoms with E-state index in [9.17, 15) is 4.39 Å². The largest absolute Gasteiger partial charge is 0.383 e. The van der Waals surface area contributed by atoms with Gasteiger partial charge in [0.15, 0.2) is 0 Å². The molecule has 0 aliphatic carbocycles. The third kappa shape index (κ3) is 1.45. The second-order valence-electron chi connectivity index (χ2n) is 4.91. The molecule has 0 radical (unpaired) electrons. The third-order valence-corrected chi connectivity index (χ3v) is 3.55. The van der Waals surface area contributed by atoms with E-state index in [4.69, 9.17) is 4.74 Å². The summed E-state index contributed by atoms with van der Waals surface area (Å²) in [5.41, 5.74) is 1.88. The number of benzene rings is 1. The highest BCUT2D eigenvalue weighted by Gasteiger charge is 2.41. The average Bonchev–Trinajstić information content (AvgIpc) is 2.55. The van der Waals surface area contributed by atoms with E-state index in [1.54, 1.807) is 6.07 Å². The minimum absolute atomic E-state index is 0.0789. The van der Waals surface area contributed by atoms with E-state index in [-0.39, 0.29) is 11.2 Å². The highest BCUT2D eigenvalue weighted by molar-refractivity contribution is 5.70. The summed E-state index contributed by atoms with van der Waals surface area (Å²) < 4.78 is 18.6. The summed E-state index contributed by atoms with van der Waals surface area (Å²) >= 11 is 0. The molecular formula is C12H15FN2O. The van der Waals surface area contributed by atoms with Crippen LogP contribution in [-0.2, 0) is 4.74 Å². The number of ether oxygens (including phenoxy) is 1. The zero-order valence-corrected chi connectivity index (χ0v) is 9.22. The van der Waals surface area contributed by atoms with Crippen molar-refractivity contribution in [3.05, 3.63) is 24.0 Å². The third-order valence-electron chi connectivity index (χ3n) is 3.55. The minimum atomic E-state index is -0.207. The van der Waals surface area contributed by atoms with Crippen LogP contribution in [0.3, 0.4) is 0 Å². The first-order valence-electron chi connectivity index (χ1n) is 5.55. The van der Waals surface area contributed by atoms with E-state index in [1.807, 2.05) is 0 Å². The first-order valence-corrected chi connectivity index (χ1v) is 5.55. The van der Waals surface area contributed by atoms with Crippen LogP contribution in [-0.4, -0.2) is 25.8 Å². The van der Waals surface area contributed by atoms with Gasteiger partial charge in [-0.2, -0.15) is 0 Å². The molecule has 2 heterocycles. The van der Waals surface area contributed by atoms with Gasteiger partial charge in [0.1, 0.15) is 5.82 Å². The molecule has 2 aliphatic heterocycles. The van der Waals surface area contributed by atoms with Crippen LogP contribution in [0.4, 0.5) is 15.8 Å². The fourth-order valence-electron chi connectivity index (χ4n) is 2.38. The van der Waals surface area contributed by atoms with Crippen LogP contribution in [0.15, 0.2) is 18.2 Å². The molecule has 1 aromatic carbocycles. The Hall–Kier alpha value is -1.29. The van der Waals surface area contributed by atoms with Gasteiger partial charge >= 0.3 is 0 Å². The summed E-state index contributed by atoms with van der Waals surface area (Å²) in [5, 5.41) is 6.73. The maximum Gasteiger partial charge on any atom is 0.125 e. The molecule has 1 aromatic rings. The quantitative estimate of drug-likeness (QED) is 0.705. The summed E-state index contributed by atoms with van der Waals surface area (Å²) in [6.07, 6.45) is 0. The number of rotatable bonds is 0. The molecule has 4 heteroatoms. The van der Waals surface area contributed by atoms with Crippen molar-refractivity contribution in [2.45, 2.75) is 13.0 Å². The van der Waals surface area contributed by atoms with Gasteiger partial charge in [-0.3, -0.25) is 0 Å². The fraction of sp³-hybridized carbons (Fsp3) is 0.500. The molecule has 2 atom stereocenters. The lowest BCUT2D eigenvalue weighted by molar-refractivity contribution is 0.164. The van der Waals surface area contributed by atoms with Crippen molar-refractivity contribution in [2.24, 2.45) is 5.41 Å². The molecule has 2 unspecified atom stereocenters. The molecular weight excluding hydrogens is 207 g/mol. The van der Waals surface area contributed by atoms with Crippen molar-refractivity contribution in [1.29, 1.82) is 0 Å². The molecule has 0 aromatic heterocycles. The molecule has 2 N–H and O–H groups in total. The predicted octanol–water partition coefficient (Wildman–Crippen LogP) is 2.07. The van der Waals surface area contributed by atoms with Gasteiger partial charge in [0.2, 0.25) is 0 Å². The summed E-state index contributed by atoms with van der Waals surface area (Å²) in [6, 6.07) is 5.09. The Labute approximate surface area is 94.0 Å². The van der Waals surface area contributed by atoms with Gasteiger partial charge in [0.05, 0.1) is 30.6 Å². The van der Waals surface area contributed by atoms with Gasteiger partial charge in [-0.15, -0.1) is 0 Å². The second kappa shape index (κ2) is 3.35. The molecule has 0 bridgehead atoms. The normalized spacial score (nSPS) is 32.0. The maximum absolute atomic E-state index is 13.1. The first kappa shape index (κ1) is 9.90. The SMILES string of the molecule is CC12CNc3cc(F)ccc3NC1COC2. The lowest BCUT2D eigenvalue weighted by atomic mass is 9.85. The minimum Gasteiger partial charge on any atom is -0.383 e.